The first-order chi connectivity index (χ1) is 11.4. The molecule has 0 amide bonds. The van der Waals surface area contributed by atoms with Gasteiger partial charge in [-0.3, -0.25) is 4.84 Å². The Hall–Kier alpha value is -1.88. The van der Waals surface area contributed by atoms with Crippen LogP contribution >= 0.6 is 0 Å². The third kappa shape index (κ3) is 2.26. The van der Waals surface area contributed by atoms with E-state index in [1.54, 1.807) is 0 Å². The van der Waals surface area contributed by atoms with E-state index in [4.69, 9.17) is 14.3 Å². The van der Waals surface area contributed by atoms with Gasteiger partial charge in [0.15, 0.2) is 0 Å². The first kappa shape index (κ1) is 13.5. The highest BCUT2D eigenvalue weighted by atomic mass is 16.7. The van der Waals surface area contributed by atoms with Crippen molar-refractivity contribution in [1.82, 2.24) is 5.48 Å². The highest BCUT2D eigenvalue weighted by Gasteiger charge is 2.64. The summed E-state index contributed by atoms with van der Waals surface area (Å²) in [7, 11) is 0. The van der Waals surface area contributed by atoms with Crippen LogP contribution in [0.2, 0.25) is 0 Å². The highest BCUT2D eigenvalue weighted by Crippen LogP contribution is 2.64. The average Bonchev–Trinajstić information content (AvgIpc) is 3.50. The smallest absolute Gasteiger partial charge is 0.139 e. The molecule has 4 heteroatoms. The Bertz CT molecular complexity index is 716. The molecule has 3 aliphatic rings. The van der Waals surface area contributed by atoms with Crippen LogP contribution in [0.15, 0.2) is 54.6 Å². The Labute approximate surface area is 135 Å². The van der Waals surface area contributed by atoms with E-state index in [1.807, 2.05) is 18.2 Å². The van der Waals surface area contributed by atoms with Crippen LogP contribution in [0.4, 0.5) is 0 Å². The van der Waals surface area contributed by atoms with E-state index in [9.17, 15) is 0 Å². The summed E-state index contributed by atoms with van der Waals surface area (Å²) in [5.41, 5.74) is 5.49. The first-order valence-corrected chi connectivity index (χ1v) is 8.19. The van der Waals surface area contributed by atoms with Crippen molar-refractivity contribution >= 4 is 0 Å². The molecule has 2 fully saturated rings. The number of hydrogen-bond acceptors (Lipinski definition) is 4. The molecule has 2 aromatic carbocycles. The first-order valence-electron chi connectivity index (χ1n) is 8.19. The third-order valence-corrected chi connectivity index (χ3v) is 5.05. The maximum Gasteiger partial charge on any atom is 0.139 e. The van der Waals surface area contributed by atoms with E-state index in [0.717, 1.165) is 18.8 Å². The Morgan fingerprint density at radius 2 is 1.87 bits per heavy atom. The van der Waals surface area contributed by atoms with E-state index >= 15 is 0 Å². The topological polar surface area (TPSA) is 43.0 Å². The van der Waals surface area contributed by atoms with Crippen LogP contribution in [0.5, 0.6) is 5.75 Å². The number of nitrogens with one attached hydrogen (secondary N) is 1. The van der Waals surface area contributed by atoms with Gasteiger partial charge in [0.2, 0.25) is 0 Å². The molecular weight excluding hydrogens is 290 g/mol. The minimum absolute atomic E-state index is 0.152. The van der Waals surface area contributed by atoms with Gasteiger partial charge < -0.3 is 9.47 Å². The van der Waals surface area contributed by atoms with Gasteiger partial charge in [-0.15, -0.1) is 0 Å². The van der Waals surface area contributed by atoms with Gasteiger partial charge in [0, 0.05) is 17.9 Å². The maximum absolute atomic E-state index is 6.43. The normalized spacial score (nSPS) is 33.3. The lowest BCUT2D eigenvalue weighted by Crippen LogP contribution is -2.34. The highest BCUT2D eigenvalue weighted by molar-refractivity contribution is 5.46. The van der Waals surface area contributed by atoms with Crippen LogP contribution in [-0.4, -0.2) is 19.3 Å². The van der Waals surface area contributed by atoms with Gasteiger partial charge in [-0.1, -0.05) is 48.5 Å². The van der Waals surface area contributed by atoms with Gasteiger partial charge >= 0.3 is 0 Å². The fourth-order valence-corrected chi connectivity index (χ4v) is 3.67. The Kier molecular flexibility index (Phi) is 2.98. The molecule has 5 rings (SSSR count). The maximum atomic E-state index is 6.43. The predicted octanol–water partition coefficient (Wildman–Crippen LogP) is 2.96. The molecule has 4 atom stereocenters. The molecule has 2 aliphatic heterocycles. The SMILES string of the molecule is c1ccc(C23CC2[C@H](NOCC2CO2)c2ccccc2O3)cc1. The van der Waals surface area contributed by atoms with Gasteiger partial charge in [0.25, 0.3) is 0 Å². The summed E-state index contributed by atoms with van der Waals surface area (Å²) in [5.74, 6) is 1.34. The Morgan fingerprint density at radius 3 is 2.70 bits per heavy atom. The van der Waals surface area contributed by atoms with Crippen LogP contribution in [0.3, 0.4) is 0 Å². The van der Waals surface area contributed by atoms with Crippen molar-refractivity contribution < 1.29 is 14.3 Å². The van der Waals surface area contributed by atoms with Crippen molar-refractivity contribution in [2.45, 2.75) is 24.2 Å². The molecule has 1 saturated carbocycles. The molecule has 0 spiro atoms. The van der Waals surface area contributed by atoms with Gasteiger partial charge in [-0.05, 0) is 11.6 Å². The number of ether oxygens (including phenoxy) is 2. The Balaban J connectivity index is 1.45. The second-order valence-corrected chi connectivity index (χ2v) is 6.57. The van der Waals surface area contributed by atoms with E-state index in [-0.39, 0.29) is 17.7 Å². The predicted molar refractivity (Wildman–Crippen MR) is 84.9 cm³/mol. The second kappa shape index (κ2) is 5.06. The molecular formula is C19H19NO3. The zero-order valence-electron chi connectivity index (χ0n) is 12.8. The molecule has 1 aliphatic carbocycles. The quantitative estimate of drug-likeness (QED) is 0.681. The van der Waals surface area contributed by atoms with E-state index in [2.05, 4.69) is 41.9 Å². The summed E-state index contributed by atoms with van der Waals surface area (Å²) in [6, 6.07) is 18.9. The molecule has 2 aromatic rings. The number of para-hydroxylation sites is 1. The monoisotopic (exact) mass is 309 g/mol. The van der Waals surface area contributed by atoms with Crippen molar-refractivity contribution in [2.75, 3.05) is 13.2 Å². The molecule has 0 radical (unpaired) electrons. The summed E-state index contributed by atoms with van der Waals surface area (Å²) in [6.45, 7) is 1.41. The van der Waals surface area contributed by atoms with E-state index in [0.29, 0.717) is 12.5 Å². The third-order valence-electron chi connectivity index (χ3n) is 5.05. The van der Waals surface area contributed by atoms with Crippen molar-refractivity contribution in [3.05, 3.63) is 65.7 Å². The largest absolute Gasteiger partial charge is 0.482 e. The number of benzene rings is 2. The molecule has 1 N–H and O–H groups in total. The van der Waals surface area contributed by atoms with E-state index in [1.165, 1.54) is 11.1 Å². The molecule has 3 unspecified atom stereocenters. The molecule has 23 heavy (non-hydrogen) atoms. The number of hydroxylamine groups is 1. The van der Waals surface area contributed by atoms with Gasteiger partial charge in [0.05, 0.1) is 19.3 Å². The number of fused-ring (bicyclic) bond motifs is 2. The van der Waals surface area contributed by atoms with Crippen molar-refractivity contribution in [3.8, 4) is 5.75 Å². The lowest BCUT2D eigenvalue weighted by molar-refractivity contribution is -0.0134. The number of epoxide rings is 1. The van der Waals surface area contributed by atoms with Crippen LogP contribution in [-0.2, 0) is 15.2 Å². The van der Waals surface area contributed by atoms with Crippen molar-refractivity contribution in [1.29, 1.82) is 0 Å². The number of rotatable bonds is 5. The second-order valence-electron chi connectivity index (χ2n) is 6.57. The minimum Gasteiger partial charge on any atom is -0.482 e. The van der Waals surface area contributed by atoms with Crippen LogP contribution in [0.1, 0.15) is 23.6 Å². The number of hydrogen-bond donors (Lipinski definition) is 1. The minimum atomic E-state index is -0.216. The fraction of sp³-hybridized carbons (Fsp3) is 0.368. The summed E-state index contributed by atoms with van der Waals surface area (Å²) in [6.07, 6.45) is 1.27. The van der Waals surface area contributed by atoms with Crippen LogP contribution in [0.25, 0.3) is 0 Å². The average molecular weight is 309 g/mol. The summed E-state index contributed by atoms with van der Waals surface area (Å²) >= 11 is 0. The van der Waals surface area contributed by atoms with E-state index < -0.39 is 0 Å². The molecule has 4 nitrogen and oxygen atoms in total. The lowest BCUT2D eigenvalue weighted by Gasteiger charge is -2.32. The summed E-state index contributed by atoms with van der Waals surface area (Å²) < 4.78 is 11.6. The summed E-state index contributed by atoms with van der Waals surface area (Å²) in [4.78, 5) is 5.70. The van der Waals surface area contributed by atoms with Crippen LogP contribution < -0.4 is 10.2 Å². The molecule has 1 saturated heterocycles. The standard InChI is InChI=1S/C19H19NO3/c1-2-6-13(7-3-1)19-10-16(19)18(20-22-12-14-11-21-14)15-8-4-5-9-17(15)23-19/h1-9,14,16,18,20H,10-12H2/t14?,16?,18-,19?/m1/s1. The molecule has 0 bridgehead atoms. The van der Waals surface area contributed by atoms with Crippen LogP contribution in [0, 0.1) is 5.92 Å². The lowest BCUT2D eigenvalue weighted by atomic mass is 9.93. The van der Waals surface area contributed by atoms with Gasteiger partial charge in [-0.2, -0.15) is 5.48 Å². The zero-order chi connectivity index (χ0) is 15.3. The van der Waals surface area contributed by atoms with Crippen molar-refractivity contribution in [2.24, 2.45) is 5.92 Å². The Morgan fingerprint density at radius 1 is 1.09 bits per heavy atom. The fourth-order valence-electron chi connectivity index (χ4n) is 3.67. The van der Waals surface area contributed by atoms with Crippen molar-refractivity contribution in [3.63, 3.8) is 0 Å². The summed E-state index contributed by atoms with van der Waals surface area (Å²) in [5, 5.41) is 0. The molecule has 118 valence electrons. The van der Waals surface area contributed by atoms with Gasteiger partial charge in [0.1, 0.15) is 17.5 Å². The molecule has 2 heterocycles. The zero-order valence-corrected chi connectivity index (χ0v) is 12.8. The van der Waals surface area contributed by atoms with Gasteiger partial charge in [-0.25, -0.2) is 0 Å². The molecule has 0 aromatic heterocycles.